The van der Waals surface area contributed by atoms with Crippen molar-refractivity contribution in [2.45, 2.75) is 31.9 Å². The molecular formula is C11H15FO. The SMILES string of the molecule is FC1COCC(C#CC2CCC2)C1. The first kappa shape index (κ1) is 9.02. The van der Waals surface area contributed by atoms with Gasteiger partial charge in [0.15, 0.2) is 0 Å². The van der Waals surface area contributed by atoms with Crippen LogP contribution in [0.25, 0.3) is 0 Å². The summed E-state index contributed by atoms with van der Waals surface area (Å²) in [7, 11) is 0. The van der Waals surface area contributed by atoms with Crippen LogP contribution >= 0.6 is 0 Å². The topological polar surface area (TPSA) is 9.23 Å². The van der Waals surface area contributed by atoms with Gasteiger partial charge in [0, 0.05) is 11.8 Å². The van der Waals surface area contributed by atoms with Crippen molar-refractivity contribution in [1.29, 1.82) is 0 Å². The molecule has 0 aromatic rings. The summed E-state index contributed by atoms with van der Waals surface area (Å²) in [5, 5.41) is 0. The summed E-state index contributed by atoms with van der Waals surface area (Å²) in [6.45, 7) is 0.891. The minimum atomic E-state index is -0.797. The predicted molar refractivity (Wildman–Crippen MR) is 48.9 cm³/mol. The quantitative estimate of drug-likeness (QED) is 0.522. The van der Waals surface area contributed by atoms with Crippen LogP contribution in [0.15, 0.2) is 0 Å². The second-order valence-electron chi connectivity index (χ2n) is 3.98. The molecule has 2 fully saturated rings. The summed E-state index contributed by atoms with van der Waals surface area (Å²) in [4.78, 5) is 0. The third-order valence-electron chi connectivity index (χ3n) is 2.75. The molecular weight excluding hydrogens is 167 g/mol. The zero-order valence-corrected chi connectivity index (χ0v) is 7.76. The number of hydrogen-bond donors (Lipinski definition) is 0. The monoisotopic (exact) mass is 182 g/mol. The Bertz CT molecular complexity index is 224. The molecule has 0 aromatic carbocycles. The van der Waals surface area contributed by atoms with E-state index in [4.69, 9.17) is 4.74 Å². The van der Waals surface area contributed by atoms with Gasteiger partial charge in [-0.1, -0.05) is 18.3 Å². The fourth-order valence-corrected chi connectivity index (χ4v) is 1.67. The highest BCUT2D eigenvalue weighted by Gasteiger charge is 2.21. The van der Waals surface area contributed by atoms with E-state index in [0.717, 1.165) is 0 Å². The van der Waals surface area contributed by atoms with Gasteiger partial charge in [0.1, 0.15) is 6.17 Å². The Kier molecular flexibility index (Phi) is 2.85. The van der Waals surface area contributed by atoms with Crippen molar-refractivity contribution < 1.29 is 9.13 Å². The lowest BCUT2D eigenvalue weighted by Crippen LogP contribution is -2.25. The van der Waals surface area contributed by atoms with Crippen LogP contribution in [0.1, 0.15) is 25.7 Å². The van der Waals surface area contributed by atoms with Gasteiger partial charge in [-0.15, -0.1) is 0 Å². The highest BCUT2D eigenvalue weighted by Crippen LogP contribution is 2.25. The number of rotatable bonds is 0. The Morgan fingerprint density at radius 1 is 1.08 bits per heavy atom. The summed E-state index contributed by atoms with van der Waals surface area (Å²) < 4.78 is 18.0. The van der Waals surface area contributed by atoms with Crippen molar-refractivity contribution in [2.75, 3.05) is 13.2 Å². The lowest BCUT2D eigenvalue weighted by atomic mass is 9.85. The molecule has 1 saturated carbocycles. The summed E-state index contributed by atoms with van der Waals surface area (Å²) in [5.41, 5.74) is 0. The molecule has 2 unspecified atom stereocenters. The van der Waals surface area contributed by atoms with Crippen molar-refractivity contribution >= 4 is 0 Å². The van der Waals surface area contributed by atoms with Crippen LogP contribution in [0.5, 0.6) is 0 Å². The molecule has 1 aliphatic heterocycles. The van der Waals surface area contributed by atoms with Gasteiger partial charge in [-0.25, -0.2) is 4.39 Å². The third kappa shape index (κ3) is 2.45. The van der Waals surface area contributed by atoms with Gasteiger partial charge in [-0.05, 0) is 19.3 Å². The maximum Gasteiger partial charge on any atom is 0.125 e. The van der Waals surface area contributed by atoms with Crippen LogP contribution in [0.4, 0.5) is 4.39 Å². The van der Waals surface area contributed by atoms with E-state index in [2.05, 4.69) is 11.8 Å². The average molecular weight is 182 g/mol. The second-order valence-corrected chi connectivity index (χ2v) is 3.98. The Morgan fingerprint density at radius 2 is 1.85 bits per heavy atom. The van der Waals surface area contributed by atoms with Gasteiger partial charge < -0.3 is 4.74 Å². The van der Waals surface area contributed by atoms with Crippen LogP contribution in [-0.2, 0) is 4.74 Å². The van der Waals surface area contributed by atoms with Crippen LogP contribution in [0.3, 0.4) is 0 Å². The molecule has 2 atom stereocenters. The second kappa shape index (κ2) is 4.11. The molecule has 1 saturated heterocycles. The zero-order chi connectivity index (χ0) is 9.10. The van der Waals surface area contributed by atoms with Crippen LogP contribution in [0, 0.1) is 23.7 Å². The van der Waals surface area contributed by atoms with Gasteiger partial charge >= 0.3 is 0 Å². The molecule has 0 amide bonds. The molecule has 0 bridgehead atoms. The fourth-order valence-electron chi connectivity index (χ4n) is 1.67. The van der Waals surface area contributed by atoms with Gasteiger partial charge in [0.25, 0.3) is 0 Å². The van der Waals surface area contributed by atoms with E-state index in [0.29, 0.717) is 18.9 Å². The van der Waals surface area contributed by atoms with Crippen molar-refractivity contribution in [3.8, 4) is 11.8 Å². The van der Waals surface area contributed by atoms with Gasteiger partial charge in [0.2, 0.25) is 0 Å². The highest BCUT2D eigenvalue weighted by molar-refractivity contribution is 5.10. The standard InChI is InChI=1S/C11H15FO/c12-11-6-10(7-13-8-11)5-4-9-2-1-3-9/h9-11H,1-3,6-8H2. The maximum absolute atomic E-state index is 12.9. The first-order chi connectivity index (χ1) is 6.34. The third-order valence-corrected chi connectivity index (χ3v) is 2.75. The average Bonchev–Trinajstić information content (AvgIpc) is 2.01. The van der Waals surface area contributed by atoms with Crippen molar-refractivity contribution in [3.05, 3.63) is 0 Å². The summed E-state index contributed by atoms with van der Waals surface area (Å²) in [6.07, 6.45) is 3.56. The molecule has 1 nitrogen and oxygen atoms in total. The molecule has 0 aromatic heterocycles. The Labute approximate surface area is 78.7 Å². The van der Waals surface area contributed by atoms with Crippen LogP contribution in [0.2, 0.25) is 0 Å². The van der Waals surface area contributed by atoms with E-state index >= 15 is 0 Å². The van der Waals surface area contributed by atoms with Gasteiger partial charge in [-0.3, -0.25) is 0 Å². The molecule has 2 rings (SSSR count). The Morgan fingerprint density at radius 3 is 2.46 bits per heavy atom. The smallest absolute Gasteiger partial charge is 0.125 e. The van der Waals surface area contributed by atoms with E-state index in [1.165, 1.54) is 19.3 Å². The van der Waals surface area contributed by atoms with Crippen LogP contribution in [-0.4, -0.2) is 19.4 Å². The number of ether oxygens (including phenoxy) is 1. The molecule has 0 N–H and O–H groups in total. The van der Waals surface area contributed by atoms with Crippen molar-refractivity contribution in [3.63, 3.8) is 0 Å². The van der Waals surface area contributed by atoms with Crippen molar-refractivity contribution in [1.82, 2.24) is 0 Å². The first-order valence-corrected chi connectivity index (χ1v) is 5.07. The summed E-state index contributed by atoms with van der Waals surface area (Å²) >= 11 is 0. The molecule has 72 valence electrons. The van der Waals surface area contributed by atoms with Gasteiger partial charge in [-0.2, -0.15) is 0 Å². The van der Waals surface area contributed by atoms with E-state index in [-0.39, 0.29) is 12.5 Å². The molecule has 0 spiro atoms. The Hall–Kier alpha value is -0.550. The van der Waals surface area contributed by atoms with E-state index in [1.807, 2.05) is 0 Å². The number of alkyl halides is 1. The maximum atomic E-state index is 12.9. The molecule has 13 heavy (non-hydrogen) atoms. The molecule has 1 heterocycles. The first-order valence-electron chi connectivity index (χ1n) is 5.07. The Balaban J connectivity index is 1.80. The predicted octanol–water partition coefficient (Wildman–Crippen LogP) is 2.16. The molecule has 0 radical (unpaired) electrons. The largest absolute Gasteiger partial charge is 0.377 e. The highest BCUT2D eigenvalue weighted by atomic mass is 19.1. The van der Waals surface area contributed by atoms with Crippen LogP contribution < -0.4 is 0 Å². The van der Waals surface area contributed by atoms with Crippen molar-refractivity contribution in [2.24, 2.45) is 11.8 Å². The number of hydrogen-bond acceptors (Lipinski definition) is 1. The normalized spacial score (nSPS) is 34.5. The van der Waals surface area contributed by atoms with E-state index in [9.17, 15) is 4.39 Å². The summed E-state index contributed by atoms with van der Waals surface area (Å²) in [6, 6.07) is 0. The molecule has 2 heteroatoms. The summed E-state index contributed by atoms with van der Waals surface area (Å²) in [5.74, 6) is 7.09. The lowest BCUT2D eigenvalue weighted by Gasteiger charge is -2.22. The molecule has 1 aliphatic carbocycles. The molecule has 2 aliphatic rings. The van der Waals surface area contributed by atoms with Gasteiger partial charge in [0.05, 0.1) is 13.2 Å². The minimum Gasteiger partial charge on any atom is -0.377 e. The van der Waals surface area contributed by atoms with E-state index in [1.54, 1.807) is 0 Å². The fraction of sp³-hybridized carbons (Fsp3) is 0.818. The minimum absolute atomic E-state index is 0.143. The number of halogens is 1. The lowest BCUT2D eigenvalue weighted by molar-refractivity contribution is 0.0164. The zero-order valence-electron chi connectivity index (χ0n) is 7.76. The van der Waals surface area contributed by atoms with E-state index < -0.39 is 6.17 Å².